The van der Waals surface area contributed by atoms with E-state index in [0.717, 1.165) is 5.56 Å². The third-order valence-electron chi connectivity index (χ3n) is 5.67. The molecule has 0 aliphatic carbocycles. The highest BCUT2D eigenvalue weighted by molar-refractivity contribution is 7.89. The molecular weight excluding hydrogens is 399 g/mol. The molecule has 1 saturated heterocycles. The number of esters is 1. The van der Waals surface area contributed by atoms with Crippen molar-refractivity contribution < 1.29 is 27.2 Å². The highest BCUT2D eigenvalue weighted by atomic mass is 32.2. The normalized spacial score (nSPS) is 22.0. The van der Waals surface area contributed by atoms with Crippen molar-refractivity contribution in [3.63, 3.8) is 0 Å². The van der Waals surface area contributed by atoms with Gasteiger partial charge in [-0.3, -0.25) is 4.79 Å². The van der Waals surface area contributed by atoms with Crippen LogP contribution in [0.2, 0.25) is 0 Å². The molecule has 29 heavy (non-hydrogen) atoms. The zero-order valence-electron chi connectivity index (χ0n) is 16.8. The van der Waals surface area contributed by atoms with E-state index in [0.29, 0.717) is 31.4 Å². The molecule has 0 amide bonds. The van der Waals surface area contributed by atoms with Crippen molar-refractivity contribution in [2.24, 2.45) is 10.6 Å². The Balaban J connectivity index is 1.69. The highest BCUT2D eigenvalue weighted by Crippen LogP contribution is 2.40. The molecule has 3 rings (SSSR count). The van der Waals surface area contributed by atoms with Gasteiger partial charge in [0.15, 0.2) is 0 Å². The van der Waals surface area contributed by atoms with Crippen molar-refractivity contribution >= 4 is 21.7 Å². The number of hydrogen-bond donors (Lipinski definition) is 0. The molecule has 0 spiro atoms. The van der Waals surface area contributed by atoms with E-state index in [1.54, 1.807) is 26.0 Å². The van der Waals surface area contributed by atoms with Crippen LogP contribution in [0, 0.1) is 11.2 Å². The van der Waals surface area contributed by atoms with Crippen molar-refractivity contribution in [2.75, 3.05) is 25.4 Å². The predicted molar refractivity (Wildman–Crippen MR) is 106 cm³/mol. The fraction of sp³-hybridized carbons (Fsp3) is 0.600. The number of benzene rings is 1. The van der Waals surface area contributed by atoms with E-state index >= 15 is 0 Å². The minimum atomic E-state index is -3.29. The van der Waals surface area contributed by atoms with Crippen LogP contribution in [-0.4, -0.2) is 56.0 Å². The maximum absolute atomic E-state index is 13.1. The minimum absolute atomic E-state index is 0.0417. The number of piperidine rings is 1. The van der Waals surface area contributed by atoms with Gasteiger partial charge in [-0.05, 0) is 44.4 Å². The van der Waals surface area contributed by atoms with Gasteiger partial charge >= 0.3 is 5.97 Å². The summed E-state index contributed by atoms with van der Waals surface area (Å²) in [6, 6.07) is 6.04. The lowest BCUT2D eigenvalue weighted by molar-refractivity contribution is -0.160. The van der Waals surface area contributed by atoms with Crippen LogP contribution in [0.1, 0.15) is 45.1 Å². The summed E-state index contributed by atoms with van der Waals surface area (Å²) < 4.78 is 44.3. The number of nitrogens with zero attached hydrogens (tertiary/aromatic N) is 2. The van der Waals surface area contributed by atoms with Crippen molar-refractivity contribution in [1.29, 1.82) is 0 Å². The van der Waals surface area contributed by atoms with Crippen LogP contribution in [0.15, 0.2) is 29.4 Å². The second kappa shape index (κ2) is 8.79. The molecule has 0 N–H and O–H groups in total. The van der Waals surface area contributed by atoms with Gasteiger partial charge in [-0.2, -0.15) is 0 Å². The monoisotopic (exact) mass is 426 g/mol. The Hall–Kier alpha value is -2.00. The minimum Gasteiger partial charge on any atom is -0.466 e. The maximum Gasteiger partial charge on any atom is 0.312 e. The Morgan fingerprint density at radius 1 is 1.28 bits per heavy atom. The van der Waals surface area contributed by atoms with Gasteiger partial charge in [0.05, 0.1) is 23.5 Å². The lowest BCUT2D eigenvalue weighted by atomic mass is 9.74. The third-order valence-corrected chi connectivity index (χ3v) is 7.56. The number of ether oxygens (including phenoxy) is 1. The zero-order valence-corrected chi connectivity index (χ0v) is 17.6. The first-order chi connectivity index (χ1) is 13.8. The van der Waals surface area contributed by atoms with Crippen molar-refractivity contribution in [2.45, 2.75) is 45.6 Å². The van der Waals surface area contributed by atoms with Crippen LogP contribution < -0.4 is 0 Å². The van der Waals surface area contributed by atoms with Crippen LogP contribution in [0.25, 0.3) is 0 Å². The molecule has 0 aromatic heterocycles. The summed E-state index contributed by atoms with van der Waals surface area (Å²) in [4.78, 5) is 18.4. The van der Waals surface area contributed by atoms with E-state index in [9.17, 15) is 17.6 Å². The Morgan fingerprint density at radius 3 is 2.52 bits per heavy atom. The summed E-state index contributed by atoms with van der Waals surface area (Å²) in [5, 5.41) is 4.12. The summed E-state index contributed by atoms with van der Waals surface area (Å²) in [6.45, 7) is 4.20. The first kappa shape index (κ1) is 21.7. The maximum atomic E-state index is 13.1. The lowest BCUT2D eigenvalue weighted by Crippen LogP contribution is -2.48. The Morgan fingerprint density at radius 2 is 1.93 bits per heavy atom. The summed E-state index contributed by atoms with van der Waals surface area (Å²) in [7, 11) is -3.29. The fourth-order valence-corrected chi connectivity index (χ4v) is 5.04. The van der Waals surface area contributed by atoms with Gasteiger partial charge in [-0.1, -0.05) is 17.3 Å². The number of hydrogen-bond acceptors (Lipinski definition) is 6. The van der Waals surface area contributed by atoms with E-state index in [2.05, 4.69) is 5.16 Å². The average molecular weight is 427 g/mol. The van der Waals surface area contributed by atoms with Gasteiger partial charge in [0.25, 0.3) is 0 Å². The van der Waals surface area contributed by atoms with Gasteiger partial charge in [-0.25, -0.2) is 17.1 Å². The van der Waals surface area contributed by atoms with Gasteiger partial charge in [0.2, 0.25) is 10.0 Å². The highest BCUT2D eigenvalue weighted by Gasteiger charge is 2.47. The first-order valence-corrected chi connectivity index (χ1v) is 11.5. The second-order valence-corrected chi connectivity index (χ2v) is 9.74. The van der Waals surface area contributed by atoms with Crippen molar-refractivity contribution in [3.05, 3.63) is 35.6 Å². The van der Waals surface area contributed by atoms with Crippen LogP contribution in [0.3, 0.4) is 0 Å². The SMILES string of the molecule is CCOC(=O)C1(C[C@H]2CC(c3ccc(F)cc3)=NO2)CCN(S(=O)(=O)CC)CC1. The molecule has 0 saturated carbocycles. The number of oxime groups is 1. The van der Waals surface area contributed by atoms with Crippen LogP contribution in [0.5, 0.6) is 0 Å². The molecule has 2 heterocycles. The predicted octanol–water partition coefficient (Wildman–Crippen LogP) is 2.70. The number of sulfonamides is 1. The summed E-state index contributed by atoms with van der Waals surface area (Å²) in [5.41, 5.74) is 0.691. The standard InChI is InChI=1S/C20H27FN2O5S/c1-3-27-19(24)20(9-11-23(12-10-20)29(25,26)4-2)14-17-13-18(22-28-17)15-5-7-16(21)8-6-15/h5-8,17H,3-4,9-14H2,1-2H3/t17-/m1/s1. The first-order valence-electron chi connectivity index (χ1n) is 9.93. The molecule has 0 radical (unpaired) electrons. The van der Waals surface area contributed by atoms with E-state index in [4.69, 9.17) is 9.57 Å². The molecule has 1 aromatic carbocycles. The molecule has 160 valence electrons. The van der Waals surface area contributed by atoms with E-state index in [1.807, 2.05) is 0 Å². The molecule has 1 fully saturated rings. The number of halogens is 1. The van der Waals surface area contributed by atoms with Crippen LogP contribution >= 0.6 is 0 Å². The van der Waals surface area contributed by atoms with Gasteiger partial charge in [0, 0.05) is 25.9 Å². The molecule has 1 atom stereocenters. The van der Waals surface area contributed by atoms with Crippen molar-refractivity contribution in [3.8, 4) is 0 Å². The second-order valence-electron chi connectivity index (χ2n) is 7.48. The summed E-state index contributed by atoms with van der Waals surface area (Å²) in [6.07, 6.45) is 1.37. The zero-order chi connectivity index (χ0) is 21.1. The van der Waals surface area contributed by atoms with Gasteiger partial charge in [-0.15, -0.1) is 0 Å². The van der Waals surface area contributed by atoms with E-state index in [-0.39, 0.29) is 43.3 Å². The fourth-order valence-electron chi connectivity index (χ4n) is 3.94. The third kappa shape index (κ3) is 4.78. The average Bonchev–Trinajstić information content (AvgIpc) is 3.17. The molecule has 2 aliphatic heterocycles. The summed E-state index contributed by atoms with van der Waals surface area (Å²) >= 11 is 0. The lowest BCUT2D eigenvalue weighted by Gasteiger charge is -2.40. The van der Waals surface area contributed by atoms with E-state index < -0.39 is 15.4 Å². The molecule has 7 nitrogen and oxygen atoms in total. The molecular formula is C20H27FN2O5S. The van der Waals surface area contributed by atoms with E-state index in [1.165, 1.54) is 16.4 Å². The van der Waals surface area contributed by atoms with Crippen LogP contribution in [-0.2, 0) is 24.4 Å². The molecule has 1 aromatic rings. The van der Waals surface area contributed by atoms with Gasteiger partial charge in [0.1, 0.15) is 11.9 Å². The molecule has 0 bridgehead atoms. The number of carbonyl (C=O) groups excluding carboxylic acids is 1. The summed E-state index contributed by atoms with van der Waals surface area (Å²) in [5.74, 6) is -0.590. The quantitative estimate of drug-likeness (QED) is 0.626. The molecule has 0 unspecified atom stereocenters. The Bertz CT molecular complexity index is 861. The van der Waals surface area contributed by atoms with Crippen LogP contribution in [0.4, 0.5) is 4.39 Å². The Kier molecular flexibility index (Phi) is 6.58. The Labute approximate surface area is 170 Å². The van der Waals surface area contributed by atoms with Gasteiger partial charge < -0.3 is 9.57 Å². The number of carbonyl (C=O) groups is 1. The molecule has 9 heteroatoms. The molecule has 2 aliphatic rings. The largest absolute Gasteiger partial charge is 0.466 e. The smallest absolute Gasteiger partial charge is 0.312 e. The topological polar surface area (TPSA) is 85.3 Å². The van der Waals surface area contributed by atoms with Crippen molar-refractivity contribution in [1.82, 2.24) is 4.31 Å². The number of rotatable bonds is 7.